The van der Waals surface area contributed by atoms with Crippen molar-refractivity contribution >= 4 is 29.3 Å². The van der Waals surface area contributed by atoms with E-state index in [1.165, 1.54) is 6.07 Å². The van der Waals surface area contributed by atoms with Crippen LogP contribution in [0.3, 0.4) is 0 Å². The maximum Gasteiger partial charge on any atom is 0.408 e. The summed E-state index contributed by atoms with van der Waals surface area (Å²) in [7, 11) is 0. The number of rotatable bonds is 4. The van der Waals surface area contributed by atoms with E-state index >= 15 is 0 Å². The summed E-state index contributed by atoms with van der Waals surface area (Å²) in [6.45, 7) is 4.71. The number of amides is 2. The van der Waals surface area contributed by atoms with Crippen LogP contribution in [0.2, 0.25) is 5.02 Å². The second kappa shape index (κ2) is 7.28. The molecule has 21 heavy (non-hydrogen) atoms. The number of ether oxygens (including phenoxy) is 1. The Bertz CT molecular complexity index is 526. The molecule has 0 aliphatic rings. The lowest BCUT2D eigenvalue weighted by atomic mass is 10.2. The van der Waals surface area contributed by atoms with Gasteiger partial charge in [-0.25, -0.2) is 4.79 Å². The molecule has 0 unspecified atom stereocenters. The van der Waals surface area contributed by atoms with Crippen LogP contribution in [0.4, 0.5) is 10.5 Å². The van der Waals surface area contributed by atoms with E-state index < -0.39 is 17.6 Å². The van der Waals surface area contributed by atoms with E-state index in [2.05, 4.69) is 10.6 Å². The molecule has 1 rings (SSSR count). The number of aliphatic hydroxyl groups excluding tert-OH is 1. The molecule has 0 saturated heterocycles. The van der Waals surface area contributed by atoms with Gasteiger partial charge in [-0.3, -0.25) is 4.79 Å². The SMILES string of the molecule is CC(C)(C)OC(=O)NCC(=O)Nc1cc(Cl)ccc1CO. The van der Waals surface area contributed by atoms with Crippen molar-refractivity contribution in [2.24, 2.45) is 0 Å². The number of carbonyl (C=O) groups is 2. The molecule has 0 aliphatic heterocycles. The molecule has 0 saturated carbocycles. The first-order chi connectivity index (χ1) is 9.71. The molecule has 6 nitrogen and oxygen atoms in total. The molecule has 0 atom stereocenters. The summed E-state index contributed by atoms with van der Waals surface area (Å²) in [6.07, 6.45) is -0.675. The van der Waals surface area contributed by atoms with Gasteiger partial charge >= 0.3 is 6.09 Å². The monoisotopic (exact) mass is 314 g/mol. The summed E-state index contributed by atoms with van der Waals surface area (Å²) in [6, 6.07) is 4.75. The normalized spacial score (nSPS) is 10.9. The van der Waals surface area contributed by atoms with Crippen LogP contribution in [0.25, 0.3) is 0 Å². The number of carbonyl (C=O) groups excluding carboxylic acids is 2. The molecule has 1 aromatic rings. The molecule has 0 bridgehead atoms. The van der Waals surface area contributed by atoms with Crippen molar-refractivity contribution in [3.63, 3.8) is 0 Å². The lowest BCUT2D eigenvalue weighted by Gasteiger charge is -2.19. The Morgan fingerprint density at radius 2 is 2.00 bits per heavy atom. The second-order valence-corrected chi connectivity index (χ2v) is 5.80. The van der Waals surface area contributed by atoms with Crippen LogP contribution in [0.1, 0.15) is 26.3 Å². The first-order valence-electron chi connectivity index (χ1n) is 6.37. The Balaban J connectivity index is 2.55. The number of aliphatic hydroxyl groups is 1. The largest absolute Gasteiger partial charge is 0.444 e. The number of hydrogen-bond acceptors (Lipinski definition) is 4. The third-order valence-electron chi connectivity index (χ3n) is 2.31. The van der Waals surface area contributed by atoms with Crippen LogP contribution >= 0.6 is 11.6 Å². The van der Waals surface area contributed by atoms with Gasteiger partial charge in [-0.15, -0.1) is 0 Å². The maximum absolute atomic E-state index is 11.8. The highest BCUT2D eigenvalue weighted by Gasteiger charge is 2.16. The van der Waals surface area contributed by atoms with Gasteiger partial charge in [0.2, 0.25) is 5.91 Å². The lowest BCUT2D eigenvalue weighted by molar-refractivity contribution is -0.115. The summed E-state index contributed by atoms with van der Waals surface area (Å²) in [5.41, 5.74) is 0.309. The fourth-order valence-corrected chi connectivity index (χ4v) is 1.64. The van der Waals surface area contributed by atoms with Gasteiger partial charge in [0.05, 0.1) is 6.61 Å². The van der Waals surface area contributed by atoms with Crippen LogP contribution < -0.4 is 10.6 Å². The van der Waals surface area contributed by atoms with Gasteiger partial charge in [0, 0.05) is 16.3 Å². The van der Waals surface area contributed by atoms with Gasteiger partial charge in [0.25, 0.3) is 0 Å². The van der Waals surface area contributed by atoms with Crippen LogP contribution in [-0.4, -0.2) is 29.3 Å². The summed E-state index contributed by atoms with van der Waals surface area (Å²) in [5.74, 6) is -0.446. The zero-order valence-electron chi connectivity index (χ0n) is 12.2. The Morgan fingerprint density at radius 3 is 2.57 bits per heavy atom. The summed E-state index contributed by atoms with van der Waals surface area (Å²) in [5, 5.41) is 14.5. The van der Waals surface area contributed by atoms with E-state index in [-0.39, 0.29) is 13.2 Å². The van der Waals surface area contributed by atoms with Gasteiger partial charge in [-0.2, -0.15) is 0 Å². The van der Waals surface area contributed by atoms with Crippen molar-refractivity contribution < 1.29 is 19.4 Å². The third kappa shape index (κ3) is 6.46. The summed E-state index contributed by atoms with van der Waals surface area (Å²) in [4.78, 5) is 23.2. The average molecular weight is 315 g/mol. The van der Waals surface area contributed by atoms with Gasteiger partial charge in [0.1, 0.15) is 12.1 Å². The molecule has 0 radical (unpaired) electrons. The first-order valence-corrected chi connectivity index (χ1v) is 6.75. The smallest absolute Gasteiger partial charge is 0.408 e. The molecule has 3 N–H and O–H groups in total. The third-order valence-corrected chi connectivity index (χ3v) is 2.54. The predicted molar refractivity (Wildman–Crippen MR) is 80.2 cm³/mol. The minimum atomic E-state index is -0.675. The highest BCUT2D eigenvalue weighted by molar-refractivity contribution is 6.31. The fraction of sp³-hybridized carbons (Fsp3) is 0.429. The zero-order chi connectivity index (χ0) is 16.0. The molecule has 0 fully saturated rings. The standard InChI is InChI=1S/C14H19ClN2O4/c1-14(2,3)21-13(20)16-7-12(19)17-11-6-10(15)5-4-9(11)8-18/h4-6,18H,7-8H2,1-3H3,(H,16,20)(H,17,19). The van der Waals surface area contributed by atoms with E-state index in [0.717, 1.165) is 0 Å². The molecule has 2 amide bonds. The predicted octanol–water partition coefficient (Wildman–Crippen LogP) is 2.30. The number of benzene rings is 1. The van der Waals surface area contributed by atoms with Crippen molar-refractivity contribution in [1.82, 2.24) is 5.32 Å². The van der Waals surface area contributed by atoms with E-state index in [1.807, 2.05) is 0 Å². The lowest BCUT2D eigenvalue weighted by Crippen LogP contribution is -2.37. The van der Waals surface area contributed by atoms with E-state index in [4.69, 9.17) is 16.3 Å². The zero-order valence-corrected chi connectivity index (χ0v) is 13.0. The molecule has 0 aromatic heterocycles. The minimum Gasteiger partial charge on any atom is -0.444 e. The quantitative estimate of drug-likeness (QED) is 0.795. The minimum absolute atomic E-state index is 0.230. The Hall–Kier alpha value is -1.79. The Kier molecular flexibility index (Phi) is 5.99. The number of anilines is 1. The highest BCUT2D eigenvalue weighted by atomic mass is 35.5. The Labute approximate surface area is 128 Å². The van der Waals surface area contributed by atoms with Gasteiger partial charge < -0.3 is 20.5 Å². The van der Waals surface area contributed by atoms with Crippen molar-refractivity contribution in [2.75, 3.05) is 11.9 Å². The summed E-state index contributed by atoms with van der Waals surface area (Å²) >= 11 is 5.83. The maximum atomic E-state index is 11.8. The van der Waals surface area contributed by atoms with Gasteiger partial charge in [-0.05, 0) is 32.9 Å². The molecule has 0 spiro atoms. The first kappa shape index (κ1) is 17.3. The molecule has 0 heterocycles. The van der Waals surface area contributed by atoms with Gasteiger partial charge in [-0.1, -0.05) is 17.7 Å². The molecular formula is C14H19ClN2O4. The molecule has 116 valence electrons. The molecule has 7 heteroatoms. The fourth-order valence-electron chi connectivity index (χ4n) is 1.46. The van der Waals surface area contributed by atoms with Crippen molar-refractivity contribution in [2.45, 2.75) is 33.0 Å². The summed E-state index contributed by atoms with van der Waals surface area (Å²) < 4.78 is 5.01. The molecule has 1 aromatic carbocycles. The Morgan fingerprint density at radius 1 is 1.33 bits per heavy atom. The topological polar surface area (TPSA) is 87.7 Å². The van der Waals surface area contributed by atoms with Crippen LogP contribution in [-0.2, 0) is 16.1 Å². The number of hydrogen-bond donors (Lipinski definition) is 3. The highest BCUT2D eigenvalue weighted by Crippen LogP contribution is 2.20. The molecule has 0 aliphatic carbocycles. The van der Waals surface area contributed by atoms with Crippen LogP contribution in [0.15, 0.2) is 18.2 Å². The van der Waals surface area contributed by atoms with E-state index in [0.29, 0.717) is 16.3 Å². The van der Waals surface area contributed by atoms with Crippen molar-refractivity contribution in [1.29, 1.82) is 0 Å². The van der Waals surface area contributed by atoms with E-state index in [1.54, 1.807) is 32.9 Å². The van der Waals surface area contributed by atoms with Crippen LogP contribution in [0.5, 0.6) is 0 Å². The number of nitrogens with one attached hydrogen (secondary N) is 2. The molecular weight excluding hydrogens is 296 g/mol. The average Bonchev–Trinajstić information content (AvgIpc) is 2.35. The van der Waals surface area contributed by atoms with E-state index in [9.17, 15) is 14.7 Å². The number of alkyl carbamates (subject to hydrolysis) is 1. The second-order valence-electron chi connectivity index (χ2n) is 5.36. The van der Waals surface area contributed by atoms with Crippen molar-refractivity contribution in [3.05, 3.63) is 28.8 Å². The van der Waals surface area contributed by atoms with Gasteiger partial charge in [0.15, 0.2) is 0 Å². The van der Waals surface area contributed by atoms with Crippen LogP contribution in [0, 0.1) is 0 Å². The number of halogens is 1. The van der Waals surface area contributed by atoms with Crippen molar-refractivity contribution in [3.8, 4) is 0 Å².